The van der Waals surface area contributed by atoms with Crippen LogP contribution in [0.3, 0.4) is 0 Å². The first-order valence-electron chi connectivity index (χ1n) is 7.74. The third-order valence-electron chi connectivity index (χ3n) is 3.88. The molecule has 0 N–H and O–H groups in total. The first-order chi connectivity index (χ1) is 11.1. The Bertz CT molecular complexity index is 746. The smallest absolute Gasteiger partial charge is 0.243 e. The van der Waals surface area contributed by atoms with Gasteiger partial charge in [-0.1, -0.05) is 25.1 Å². The van der Waals surface area contributed by atoms with E-state index in [-0.39, 0.29) is 0 Å². The fourth-order valence-corrected chi connectivity index (χ4v) is 4.88. The van der Waals surface area contributed by atoms with Gasteiger partial charge in [-0.2, -0.15) is 8.68 Å². The second kappa shape index (κ2) is 6.94. The van der Waals surface area contributed by atoms with Gasteiger partial charge in [-0.05, 0) is 18.6 Å². The second-order valence-corrected chi connectivity index (χ2v) is 8.07. The van der Waals surface area contributed by atoms with Gasteiger partial charge in [0.25, 0.3) is 0 Å². The van der Waals surface area contributed by atoms with E-state index in [0.717, 1.165) is 30.3 Å². The molecule has 0 bridgehead atoms. The van der Waals surface area contributed by atoms with Crippen molar-refractivity contribution >= 4 is 26.7 Å². The highest BCUT2D eigenvalue weighted by Gasteiger charge is 2.27. The topological polar surface area (TPSA) is 66.4 Å². The molecule has 124 valence electrons. The van der Waals surface area contributed by atoms with Crippen LogP contribution in [0.15, 0.2) is 35.2 Å². The normalized spacial score (nSPS) is 17.2. The molecule has 1 aliphatic heterocycles. The van der Waals surface area contributed by atoms with Crippen LogP contribution < -0.4 is 4.90 Å². The van der Waals surface area contributed by atoms with Crippen molar-refractivity contribution in [1.82, 2.24) is 13.7 Å². The highest BCUT2D eigenvalue weighted by molar-refractivity contribution is 7.89. The predicted molar refractivity (Wildman–Crippen MR) is 91.3 cm³/mol. The summed E-state index contributed by atoms with van der Waals surface area (Å²) in [6, 6.07) is 8.63. The zero-order valence-corrected chi connectivity index (χ0v) is 14.7. The number of hydrogen-bond donors (Lipinski definition) is 0. The van der Waals surface area contributed by atoms with Gasteiger partial charge in [0.1, 0.15) is 5.82 Å². The molecule has 6 nitrogen and oxygen atoms in total. The summed E-state index contributed by atoms with van der Waals surface area (Å²) < 4.78 is 31.3. The maximum Gasteiger partial charge on any atom is 0.243 e. The Hall–Kier alpha value is -1.51. The maximum absolute atomic E-state index is 12.7. The summed E-state index contributed by atoms with van der Waals surface area (Å²) in [6.45, 7) is 4.48. The van der Waals surface area contributed by atoms with Crippen LogP contribution in [0.2, 0.25) is 0 Å². The van der Waals surface area contributed by atoms with Crippen molar-refractivity contribution in [3.63, 3.8) is 0 Å². The van der Waals surface area contributed by atoms with Gasteiger partial charge >= 0.3 is 0 Å². The van der Waals surface area contributed by atoms with Crippen molar-refractivity contribution in [1.29, 1.82) is 0 Å². The minimum atomic E-state index is -3.42. The summed E-state index contributed by atoms with van der Waals surface area (Å²) >= 11 is 1.39. The molecule has 23 heavy (non-hydrogen) atoms. The summed E-state index contributed by atoms with van der Waals surface area (Å²) in [6.07, 6.45) is 1.60. The van der Waals surface area contributed by atoms with Gasteiger partial charge in [0, 0.05) is 44.1 Å². The van der Waals surface area contributed by atoms with Crippen LogP contribution in [0.1, 0.15) is 19.2 Å². The zero-order valence-electron chi connectivity index (χ0n) is 13.1. The number of sulfonamides is 1. The molecular weight excluding hydrogens is 332 g/mol. The third kappa shape index (κ3) is 3.54. The van der Waals surface area contributed by atoms with Crippen molar-refractivity contribution in [3.8, 4) is 0 Å². The zero-order chi connectivity index (χ0) is 16.3. The van der Waals surface area contributed by atoms with Gasteiger partial charge in [0.15, 0.2) is 0 Å². The fraction of sp³-hybridized carbons (Fsp3) is 0.467. The Balaban J connectivity index is 1.73. The lowest BCUT2D eigenvalue weighted by Crippen LogP contribution is -2.35. The molecule has 0 amide bonds. The molecule has 0 atom stereocenters. The first kappa shape index (κ1) is 16.4. The maximum atomic E-state index is 12.7. The van der Waals surface area contributed by atoms with Crippen LogP contribution in [0, 0.1) is 0 Å². The van der Waals surface area contributed by atoms with Crippen LogP contribution in [-0.2, 0) is 16.4 Å². The van der Waals surface area contributed by atoms with E-state index in [1.807, 2.05) is 13.0 Å². The summed E-state index contributed by atoms with van der Waals surface area (Å²) in [5.41, 5.74) is 0. The average Bonchev–Trinajstić information content (AvgIpc) is 2.91. The first-order valence-corrected chi connectivity index (χ1v) is 9.95. The minimum absolute atomic E-state index is 0.359. The Morgan fingerprint density at radius 3 is 2.61 bits per heavy atom. The molecule has 1 fully saturated rings. The largest absolute Gasteiger partial charge is 0.345 e. The molecule has 1 saturated heterocycles. The second-order valence-electron chi connectivity index (χ2n) is 5.40. The average molecular weight is 352 g/mol. The van der Waals surface area contributed by atoms with E-state index in [1.165, 1.54) is 11.5 Å². The van der Waals surface area contributed by atoms with Crippen LogP contribution in [0.5, 0.6) is 0 Å². The number of anilines is 1. The Morgan fingerprint density at radius 2 is 1.91 bits per heavy atom. The van der Waals surface area contributed by atoms with Gasteiger partial charge in [-0.15, -0.1) is 0 Å². The van der Waals surface area contributed by atoms with E-state index < -0.39 is 10.0 Å². The van der Waals surface area contributed by atoms with Crippen molar-refractivity contribution in [3.05, 3.63) is 36.2 Å². The Kier molecular flexibility index (Phi) is 4.93. The molecular formula is C15H20N4O2S2. The molecule has 1 aliphatic rings. The van der Waals surface area contributed by atoms with Crippen LogP contribution in [0.25, 0.3) is 0 Å². The van der Waals surface area contributed by atoms with E-state index >= 15 is 0 Å². The molecule has 3 rings (SSSR count). The van der Waals surface area contributed by atoms with Gasteiger partial charge < -0.3 is 4.90 Å². The summed E-state index contributed by atoms with van der Waals surface area (Å²) in [4.78, 5) is 7.00. The quantitative estimate of drug-likeness (QED) is 0.842. The Morgan fingerprint density at radius 1 is 1.13 bits per heavy atom. The van der Waals surface area contributed by atoms with Gasteiger partial charge in [0.05, 0.1) is 4.90 Å². The lowest BCUT2D eigenvalue weighted by molar-refractivity contribution is 0.433. The summed E-state index contributed by atoms with van der Waals surface area (Å²) in [5, 5.41) is 0.890. The lowest BCUT2D eigenvalue weighted by atomic mass is 10.4. The van der Waals surface area contributed by atoms with Crippen molar-refractivity contribution in [2.45, 2.75) is 24.7 Å². The van der Waals surface area contributed by atoms with Gasteiger partial charge in [-0.3, -0.25) is 0 Å². The summed E-state index contributed by atoms with van der Waals surface area (Å²) in [7, 11) is -3.42. The Labute approximate surface area is 141 Å². The number of rotatable bonds is 4. The fourth-order valence-electron chi connectivity index (χ4n) is 2.58. The number of aryl methyl sites for hydroxylation is 1. The van der Waals surface area contributed by atoms with Crippen molar-refractivity contribution in [2.75, 3.05) is 31.1 Å². The summed E-state index contributed by atoms with van der Waals surface area (Å²) in [5.74, 6) is 0.850. The third-order valence-corrected chi connectivity index (χ3v) is 6.61. The standard InChI is InChI=1S/C15H20N4O2S2/c1-2-14-16-15(22-17-14)18-9-6-10-19(12-11-18)23(20,21)13-7-4-3-5-8-13/h3-5,7-8H,2,6,9-12H2,1H3. The number of benzene rings is 1. The minimum Gasteiger partial charge on any atom is -0.345 e. The number of nitrogens with zero attached hydrogens (tertiary/aromatic N) is 4. The molecule has 0 unspecified atom stereocenters. The van der Waals surface area contributed by atoms with E-state index in [2.05, 4.69) is 14.3 Å². The van der Waals surface area contributed by atoms with E-state index in [9.17, 15) is 8.42 Å². The van der Waals surface area contributed by atoms with Crippen LogP contribution in [-0.4, -0.2) is 48.3 Å². The molecule has 0 spiro atoms. The number of hydrogen-bond acceptors (Lipinski definition) is 6. The number of aromatic nitrogens is 2. The highest BCUT2D eigenvalue weighted by Crippen LogP contribution is 2.22. The van der Waals surface area contributed by atoms with Crippen molar-refractivity contribution in [2.24, 2.45) is 0 Å². The molecule has 8 heteroatoms. The molecule has 0 saturated carbocycles. The van der Waals surface area contributed by atoms with E-state index in [1.54, 1.807) is 28.6 Å². The molecule has 1 aromatic carbocycles. The van der Waals surface area contributed by atoms with Gasteiger partial charge in [0.2, 0.25) is 15.2 Å². The molecule has 0 radical (unpaired) electrons. The van der Waals surface area contributed by atoms with Crippen LogP contribution in [0.4, 0.5) is 5.13 Å². The molecule has 1 aromatic heterocycles. The van der Waals surface area contributed by atoms with E-state index in [4.69, 9.17) is 0 Å². The van der Waals surface area contributed by atoms with Gasteiger partial charge in [-0.25, -0.2) is 13.4 Å². The van der Waals surface area contributed by atoms with E-state index in [0.29, 0.717) is 24.5 Å². The van der Waals surface area contributed by atoms with Crippen LogP contribution >= 0.6 is 11.5 Å². The molecule has 2 heterocycles. The molecule has 2 aromatic rings. The monoisotopic (exact) mass is 352 g/mol. The lowest BCUT2D eigenvalue weighted by Gasteiger charge is -2.21. The predicted octanol–water partition coefficient (Wildman–Crippen LogP) is 2.00. The highest BCUT2D eigenvalue weighted by atomic mass is 32.2. The SMILES string of the molecule is CCc1nsc(N2CCCN(S(=O)(=O)c3ccccc3)CC2)n1. The molecule has 0 aliphatic carbocycles. The van der Waals surface area contributed by atoms with Crippen molar-refractivity contribution < 1.29 is 8.42 Å².